The van der Waals surface area contributed by atoms with Gasteiger partial charge in [0.25, 0.3) is 0 Å². The summed E-state index contributed by atoms with van der Waals surface area (Å²) in [6, 6.07) is 0.706. The third kappa shape index (κ3) is 5.98. The fourth-order valence-corrected chi connectivity index (χ4v) is 2.51. The molecule has 0 aromatic carbocycles. The van der Waals surface area contributed by atoms with Crippen LogP contribution in [-0.2, 0) is 4.74 Å². The maximum absolute atomic E-state index is 5.57. The largest absolute Gasteiger partial charge is 0.376 e. The van der Waals surface area contributed by atoms with Crippen molar-refractivity contribution >= 4 is 0 Å². The fraction of sp³-hybridized carbons (Fsp3) is 0.867. The minimum Gasteiger partial charge on any atom is -0.376 e. The summed E-state index contributed by atoms with van der Waals surface area (Å²) in [5, 5.41) is 3.65. The van der Waals surface area contributed by atoms with Crippen molar-refractivity contribution in [3.05, 3.63) is 12.2 Å². The van der Waals surface area contributed by atoms with E-state index in [4.69, 9.17) is 4.74 Å². The quantitative estimate of drug-likeness (QED) is 0.531. The Kier molecular flexibility index (Phi) is 7.56. The van der Waals surface area contributed by atoms with Crippen LogP contribution in [0.4, 0.5) is 0 Å². The molecule has 1 aliphatic rings. The maximum atomic E-state index is 5.57. The SMILES string of the molecule is C=C(C)COCCN1CCC(NCCC)C(C)C1. The summed E-state index contributed by atoms with van der Waals surface area (Å²) in [5.41, 5.74) is 1.10. The summed E-state index contributed by atoms with van der Waals surface area (Å²) in [6.07, 6.45) is 2.49. The summed E-state index contributed by atoms with van der Waals surface area (Å²) in [5.74, 6) is 0.742. The van der Waals surface area contributed by atoms with Gasteiger partial charge in [-0.1, -0.05) is 26.0 Å². The van der Waals surface area contributed by atoms with E-state index < -0.39 is 0 Å². The molecule has 1 rings (SSSR count). The first-order valence-corrected chi connectivity index (χ1v) is 7.31. The van der Waals surface area contributed by atoms with E-state index in [1.165, 1.54) is 25.9 Å². The molecule has 0 aliphatic carbocycles. The normalized spacial score (nSPS) is 25.3. The summed E-state index contributed by atoms with van der Waals surface area (Å²) < 4.78 is 5.57. The van der Waals surface area contributed by atoms with Gasteiger partial charge in [0, 0.05) is 19.1 Å². The molecule has 1 saturated heterocycles. The van der Waals surface area contributed by atoms with Gasteiger partial charge < -0.3 is 15.0 Å². The molecule has 1 heterocycles. The van der Waals surface area contributed by atoms with E-state index in [0.717, 1.165) is 31.2 Å². The number of nitrogens with zero attached hydrogens (tertiary/aromatic N) is 1. The van der Waals surface area contributed by atoms with Crippen LogP contribution < -0.4 is 5.32 Å². The summed E-state index contributed by atoms with van der Waals surface area (Å²) in [6.45, 7) is 16.5. The molecule has 0 saturated carbocycles. The molecule has 3 nitrogen and oxygen atoms in total. The molecule has 2 unspecified atom stereocenters. The van der Waals surface area contributed by atoms with Crippen molar-refractivity contribution in [1.82, 2.24) is 10.2 Å². The molecule has 1 fully saturated rings. The first-order chi connectivity index (χ1) is 8.63. The minimum atomic E-state index is 0.698. The predicted octanol–water partition coefficient (Wildman–Crippen LogP) is 2.29. The van der Waals surface area contributed by atoms with Gasteiger partial charge in [-0.3, -0.25) is 0 Å². The van der Waals surface area contributed by atoms with Crippen LogP contribution >= 0.6 is 0 Å². The van der Waals surface area contributed by atoms with Crippen molar-refractivity contribution in [1.29, 1.82) is 0 Å². The lowest BCUT2D eigenvalue weighted by Gasteiger charge is -2.37. The molecule has 1 N–H and O–H groups in total. The molecule has 106 valence electrons. The average molecular weight is 254 g/mol. The lowest BCUT2D eigenvalue weighted by atomic mass is 9.94. The zero-order valence-corrected chi connectivity index (χ0v) is 12.4. The highest BCUT2D eigenvalue weighted by Crippen LogP contribution is 2.16. The number of rotatable bonds is 8. The van der Waals surface area contributed by atoms with Gasteiger partial charge in [0.1, 0.15) is 0 Å². The van der Waals surface area contributed by atoms with Crippen LogP contribution in [0.15, 0.2) is 12.2 Å². The average Bonchev–Trinajstić information content (AvgIpc) is 2.33. The van der Waals surface area contributed by atoms with Crippen LogP contribution in [-0.4, -0.2) is 50.3 Å². The Morgan fingerprint density at radius 3 is 2.89 bits per heavy atom. The van der Waals surface area contributed by atoms with Crippen LogP contribution in [0.5, 0.6) is 0 Å². The van der Waals surface area contributed by atoms with E-state index in [1.807, 2.05) is 6.92 Å². The van der Waals surface area contributed by atoms with Crippen LogP contribution in [0.25, 0.3) is 0 Å². The van der Waals surface area contributed by atoms with Crippen LogP contribution in [0.1, 0.15) is 33.6 Å². The van der Waals surface area contributed by atoms with Gasteiger partial charge in [-0.25, -0.2) is 0 Å². The van der Waals surface area contributed by atoms with Gasteiger partial charge in [0.05, 0.1) is 13.2 Å². The van der Waals surface area contributed by atoms with Crippen LogP contribution in [0.3, 0.4) is 0 Å². The Hall–Kier alpha value is -0.380. The standard InChI is InChI=1S/C15H30N2O/c1-5-7-16-15-6-8-17(11-14(15)4)9-10-18-12-13(2)3/h14-16H,2,5-12H2,1,3-4H3. The number of piperidine rings is 1. The zero-order valence-electron chi connectivity index (χ0n) is 12.4. The Bertz CT molecular complexity index is 243. The molecule has 3 heteroatoms. The number of ether oxygens (including phenoxy) is 1. The van der Waals surface area contributed by atoms with E-state index in [-0.39, 0.29) is 0 Å². The number of hydrogen-bond donors (Lipinski definition) is 1. The topological polar surface area (TPSA) is 24.5 Å². The smallest absolute Gasteiger partial charge is 0.0672 e. The lowest BCUT2D eigenvalue weighted by Crippen LogP contribution is -2.49. The van der Waals surface area contributed by atoms with Crippen LogP contribution in [0, 0.1) is 5.92 Å². The van der Waals surface area contributed by atoms with Gasteiger partial charge in [0.2, 0.25) is 0 Å². The Morgan fingerprint density at radius 2 is 2.28 bits per heavy atom. The molecule has 2 atom stereocenters. The number of hydrogen-bond acceptors (Lipinski definition) is 3. The maximum Gasteiger partial charge on any atom is 0.0672 e. The molecule has 0 aromatic heterocycles. The van der Waals surface area contributed by atoms with Crippen molar-refractivity contribution in [2.24, 2.45) is 5.92 Å². The van der Waals surface area contributed by atoms with Crippen molar-refractivity contribution < 1.29 is 4.74 Å². The molecular formula is C15H30N2O. The fourth-order valence-electron chi connectivity index (χ4n) is 2.51. The zero-order chi connectivity index (χ0) is 13.4. The summed E-state index contributed by atoms with van der Waals surface area (Å²) in [4.78, 5) is 2.52. The third-order valence-electron chi connectivity index (χ3n) is 3.55. The summed E-state index contributed by atoms with van der Waals surface area (Å²) in [7, 11) is 0. The van der Waals surface area contributed by atoms with Gasteiger partial charge in [-0.15, -0.1) is 0 Å². The molecule has 0 radical (unpaired) electrons. The van der Waals surface area contributed by atoms with E-state index in [0.29, 0.717) is 12.6 Å². The van der Waals surface area contributed by atoms with Crippen LogP contribution in [0.2, 0.25) is 0 Å². The Balaban J connectivity index is 2.14. The van der Waals surface area contributed by atoms with Crippen molar-refractivity contribution in [2.75, 3.05) is 39.4 Å². The Labute approximate surface area is 113 Å². The highest BCUT2D eigenvalue weighted by Gasteiger charge is 2.24. The Morgan fingerprint density at radius 1 is 1.50 bits per heavy atom. The molecular weight excluding hydrogens is 224 g/mol. The molecule has 0 spiro atoms. The molecule has 18 heavy (non-hydrogen) atoms. The van der Waals surface area contributed by atoms with Crippen molar-refractivity contribution in [3.63, 3.8) is 0 Å². The van der Waals surface area contributed by atoms with Crippen molar-refractivity contribution in [2.45, 2.75) is 39.7 Å². The monoisotopic (exact) mass is 254 g/mol. The molecule has 0 amide bonds. The second kappa shape index (κ2) is 8.68. The second-order valence-electron chi connectivity index (χ2n) is 5.64. The van der Waals surface area contributed by atoms with E-state index in [2.05, 4.69) is 30.6 Å². The third-order valence-corrected chi connectivity index (χ3v) is 3.55. The first kappa shape index (κ1) is 15.7. The minimum absolute atomic E-state index is 0.698. The van der Waals surface area contributed by atoms with Crippen molar-refractivity contribution in [3.8, 4) is 0 Å². The molecule has 1 aliphatic heterocycles. The molecule has 0 aromatic rings. The molecule has 0 bridgehead atoms. The van der Waals surface area contributed by atoms with E-state index >= 15 is 0 Å². The summed E-state index contributed by atoms with van der Waals surface area (Å²) >= 11 is 0. The number of likely N-dealkylation sites (tertiary alicyclic amines) is 1. The van der Waals surface area contributed by atoms with Gasteiger partial charge >= 0.3 is 0 Å². The van der Waals surface area contributed by atoms with Gasteiger partial charge in [0.15, 0.2) is 0 Å². The highest BCUT2D eigenvalue weighted by atomic mass is 16.5. The first-order valence-electron chi connectivity index (χ1n) is 7.31. The lowest BCUT2D eigenvalue weighted by molar-refractivity contribution is 0.0877. The van der Waals surface area contributed by atoms with E-state index in [9.17, 15) is 0 Å². The van der Waals surface area contributed by atoms with E-state index in [1.54, 1.807) is 0 Å². The van der Waals surface area contributed by atoms with Gasteiger partial charge in [-0.2, -0.15) is 0 Å². The second-order valence-corrected chi connectivity index (χ2v) is 5.64. The predicted molar refractivity (Wildman–Crippen MR) is 77.9 cm³/mol. The highest BCUT2D eigenvalue weighted by molar-refractivity contribution is 4.87. The van der Waals surface area contributed by atoms with Gasteiger partial charge in [-0.05, 0) is 38.8 Å². The number of nitrogens with one attached hydrogen (secondary N) is 1.